The van der Waals surface area contributed by atoms with Gasteiger partial charge in [-0.15, -0.1) is 0 Å². The maximum Gasteiger partial charge on any atom is 0.0991 e. The van der Waals surface area contributed by atoms with E-state index >= 15 is 0 Å². The minimum atomic E-state index is 0.313. The van der Waals surface area contributed by atoms with Crippen LogP contribution < -0.4 is 5.73 Å². The predicted octanol–water partition coefficient (Wildman–Crippen LogP) is 1.48. The van der Waals surface area contributed by atoms with Gasteiger partial charge in [0.2, 0.25) is 0 Å². The first-order valence-corrected chi connectivity index (χ1v) is 5.75. The largest absolute Gasteiger partial charge is 0.327 e. The highest BCUT2D eigenvalue weighted by Gasteiger charge is 2.16. The molecule has 0 spiro atoms. The molecule has 1 heterocycles. The highest BCUT2D eigenvalue weighted by Crippen LogP contribution is 2.13. The maximum atomic E-state index is 8.83. The van der Waals surface area contributed by atoms with E-state index in [9.17, 15) is 0 Å². The number of piperidine rings is 1. The molecule has 3 heteroatoms. The third-order valence-electron chi connectivity index (χ3n) is 3.00. The minimum Gasteiger partial charge on any atom is -0.327 e. The van der Waals surface area contributed by atoms with Gasteiger partial charge < -0.3 is 5.73 Å². The van der Waals surface area contributed by atoms with Crippen molar-refractivity contribution in [2.75, 3.05) is 13.1 Å². The van der Waals surface area contributed by atoms with Crippen LogP contribution in [-0.2, 0) is 6.54 Å². The standard InChI is InChI=1S/C13H17N3/c14-8-11-3-1-4-12(7-11)9-16-6-2-5-13(15)10-16/h1,3-4,7,13H,2,5-6,9-10,15H2/t13-/m0/s1. The normalized spacial score (nSPS) is 21.6. The van der Waals surface area contributed by atoms with Gasteiger partial charge in [0.25, 0.3) is 0 Å². The van der Waals surface area contributed by atoms with E-state index in [0.717, 1.165) is 31.6 Å². The van der Waals surface area contributed by atoms with Crippen molar-refractivity contribution in [3.8, 4) is 6.07 Å². The summed E-state index contributed by atoms with van der Waals surface area (Å²) < 4.78 is 0. The molecule has 1 fully saturated rings. The molecule has 0 amide bonds. The van der Waals surface area contributed by atoms with Crippen molar-refractivity contribution in [3.63, 3.8) is 0 Å². The number of benzene rings is 1. The molecule has 2 rings (SSSR count). The van der Waals surface area contributed by atoms with Gasteiger partial charge in [-0.25, -0.2) is 0 Å². The highest BCUT2D eigenvalue weighted by molar-refractivity contribution is 5.32. The molecule has 0 radical (unpaired) electrons. The van der Waals surface area contributed by atoms with E-state index in [4.69, 9.17) is 11.0 Å². The number of hydrogen-bond acceptors (Lipinski definition) is 3. The molecule has 1 aliphatic heterocycles. The van der Waals surface area contributed by atoms with E-state index in [1.54, 1.807) is 0 Å². The lowest BCUT2D eigenvalue weighted by Crippen LogP contribution is -2.42. The fourth-order valence-electron chi connectivity index (χ4n) is 2.23. The summed E-state index contributed by atoms with van der Waals surface area (Å²) in [4.78, 5) is 2.37. The smallest absolute Gasteiger partial charge is 0.0991 e. The zero-order valence-corrected chi connectivity index (χ0v) is 9.39. The van der Waals surface area contributed by atoms with Gasteiger partial charge in [0.05, 0.1) is 11.6 Å². The molecule has 0 aliphatic carbocycles. The van der Waals surface area contributed by atoms with Crippen molar-refractivity contribution >= 4 is 0 Å². The van der Waals surface area contributed by atoms with E-state index in [2.05, 4.69) is 17.0 Å². The number of rotatable bonds is 2. The summed E-state index contributed by atoms with van der Waals surface area (Å²) >= 11 is 0. The Morgan fingerprint density at radius 1 is 1.50 bits per heavy atom. The highest BCUT2D eigenvalue weighted by atomic mass is 15.1. The summed E-state index contributed by atoms with van der Waals surface area (Å²) in [5.74, 6) is 0. The lowest BCUT2D eigenvalue weighted by molar-refractivity contribution is 0.201. The average Bonchev–Trinajstić information content (AvgIpc) is 2.29. The molecule has 0 bridgehead atoms. The van der Waals surface area contributed by atoms with E-state index in [-0.39, 0.29) is 0 Å². The Hall–Kier alpha value is -1.37. The molecule has 1 atom stereocenters. The summed E-state index contributed by atoms with van der Waals surface area (Å²) in [6, 6.07) is 10.3. The number of likely N-dealkylation sites (tertiary alicyclic amines) is 1. The zero-order chi connectivity index (χ0) is 11.4. The molecule has 0 aromatic heterocycles. The molecule has 2 N–H and O–H groups in total. The first-order chi connectivity index (χ1) is 7.78. The van der Waals surface area contributed by atoms with Gasteiger partial charge in [-0.1, -0.05) is 12.1 Å². The molecule has 16 heavy (non-hydrogen) atoms. The SMILES string of the molecule is N#Cc1cccc(CN2CCC[C@H](N)C2)c1. The fraction of sp³-hybridized carbons (Fsp3) is 0.462. The summed E-state index contributed by atoms with van der Waals surface area (Å²) in [5.41, 5.74) is 7.88. The van der Waals surface area contributed by atoms with Crippen molar-refractivity contribution in [3.05, 3.63) is 35.4 Å². The van der Waals surface area contributed by atoms with Gasteiger partial charge in [-0.2, -0.15) is 5.26 Å². The molecular formula is C13H17N3. The Bertz CT molecular complexity index is 394. The van der Waals surface area contributed by atoms with Crippen LogP contribution in [0.5, 0.6) is 0 Å². The number of nitriles is 1. The second-order valence-corrected chi connectivity index (χ2v) is 4.45. The van der Waals surface area contributed by atoms with Gasteiger partial charge >= 0.3 is 0 Å². The minimum absolute atomic E-state index is 0.313. The van der Waals surface area contributed by atoms with E-state index in [1.165, 1.54) is 12.0 Å². The van der Waals surface area contributed by atoms with E-state index in [1.807, 2.05) is 18.2 Å². The van der Waals surface area contributed by atoms with Crippen LogP contribution in [0, 0.1) is 11.3 Å². The zero-order valence-electron chi connectivity index (χ0n) is 9.39. The first kappa shape index (κ1) is 11.1. The molecule has 1 aromatic carbocycles. The second-order valence-electron chi connectivity index (χ2n) is 4.45. The van der Waals surface area contributed by atoms with Gasteiger partial charge in [0.15, 0.2) is 0 Å². The third kappa shape index (κ3) is 2.82. The molecular weight excluding hydrogens is 198 g/mol. The van der Waals surface area contributed by atoms with Crippen LogP contribution in [0.25, 0.3) is 0 Å². The van der Waals surface area contributed by atoms with Crippen LogP contribution in [0.2, 0.25) is 0 Å². The van der Waals surface area contributed by atoms with Crippen molar-refractivity contribution in [1.29, 1.82) is 5.26 Å². The lowest BCUT2D eigenvalue weighted by Gasteiger charge is -2.30. The lowest BCUT2D eigenvalue weighted by atomic mass is 10.1. The maximum absolute atomic E-state index is 8.83. The summed E-state index contributed by atoms with van der Waals surface area (Å²) in [6.07, 6.45) is 2.31. The molecule has 1 aliphatic rings. The van der Waals surface area contributed by atoms with Crippen molar-refractivity contribution < 1.29 is 0 Å². The number of nitrogens with zero attached hydrogens (tertiary/aromatic N) is 2. The Kier molecular flexibility index (Phi) is 3.55. The van der Waals surface area contributed by atoms with Crippen LogP contribution in [0.1, 0.15) is 24.0 Å². The van der Waals surface area contributed by atoms with Crippen LogP contribution in [0.3, 0.4) is 0 Å². The molecule has 0 unspecified atom stereocenters. The molecule has 84 valence electrons. The molecule has 1 aromatic rings. The van der Waals surface area contributed by atoms with E-state index in [0.29, 0.717) is 6.04 Å². The monoisotopic (exact) mass is 215 g/mol. The molecule has 3 nitrogen and oxygen atoms in total. The summed E-state index contributed by atoms with van der Waals surface area (Å²) in [7, 11) is 0. The van der Waals surface area contributed by atoms with Crippen molar-refractivity contribution in [1.82, 2.24) is 4.90 Å². The van der Waals surface area contributed by atoms with Crippen LogP contribution >= 0.6 is 0 Å². The number of hydrogen-bond donors (Lipinski definition) is 1. The van der Waals surface area contributed by atoms with Crippen molar-refractivity contribution in [2.24, 2.45) is 5.73 Å². The van der Waals surface area contributed by atoms with Gasteiger partial charge in [-0.3, -0.25) is 4.90 Å². The first-order valence-electron chi connectivity index (χ1n) is 5.75. The Morgan fingerprint density at radius 3 is 3.12 bits per heavy atom. The van der Waals surface area contributed by atoms with Gasteiger partial charge in [0, 0.05) is 19.1 Å². The average molecular weight is 215 g/mol. The summed E-state index contributed by atoms with van der Waals surface area (Å²) in [5, 5.41) is 8.83. The Balaban J connectivity index is 2.00. The Morgan fingerprint density at radius 2 is 2.38 bits per heavy atom. The van der Waals surface area contributed by atoms with E-state index < -0.39 is 0 Å². The van der Waals surface area contributed by atoms with Crippen LogP contribution in [0.4, 0.5) is 0 Å². The topological polar surface area (TPSA) is 53.0 Å². The summed E-state index contributed by atoms with van der Waals surface area (Å²) in [6.45, 7) is 2.99. The van der Waals surface area contributed by atoms with Crippen LogP contribution in [0.15, 0.2) is 24.3 Å². The van der Waals surface area contributed by atoms with Gasteiger partial charge in [0.1, 0.15) is 0 Å². The number of nitrogens with two attached hydrogens (primary N) is 1. The van der Waals surface area contributed by atoms with Gasteiger partial charge in [-0.05, 0) is 37.1 Å². The third-order valence-corrected chi connectivity index (χ3v) is 3.00. The van der Waals surface area contributed by atoms with Crippen molar-refractivity contribution in [2.45, 2.75) is 25.4 Å². The Labute approximate surface area is 96.5 Å². The molecule has 1 saturated heterocycles. The molecule has 0 saturated carbocycles. The predicted molar refractivity (Wildman–Crippen MR) is 63.6 cm³/mol. The second kappa shape index (κ2) is 5.11. The van der Waals surface area contributed by atoms with Crippen LogP contribution in [-0.4, -0.2) is 24.0 Å². The fourth-order valence-corrected chi connectivity index (χ4v) is 2.23. The quantitative estimate of drug-likeness (QED) is 0.813.